The maximum absolute atomic E-state index is 11.0. The fourth-order valence-electron chi connectivity index (χ4n) is 1.81. The fraction of sp³-hybridized carbons (Fsp3) is 0.300. The van der Waals surface area contributed by atoms with Crippen molar-refractivity contribution in [3.8, 4) is 0 Å². The first-order valence-corrected chi connectivity index (χ1v) is 7.88. The Balaban J connectivity index is 1.75. The lowest BCUT2D eigenvalue weighted by molar-refractivity contribution is -0.310. The number of fused-ring (bicyclic) bond motifs is 1. The van der Waals surface area contributed by atoms with E-state index < -0.39 is 20.1 Å². The average molecular weight is 313 g/mol. The molecule has 3 rings (SSSR count). The van der Waals surface area contributed by atoms with Crippen LogP contribution in [-0.4, -0.2) is 37.4 Å². The number of nitrogens with zero attached hydrogens (tertiary/aromatic N) is 4. The zero-order chi connectivity index (χ0) is 15.0. The van der Waals surface area contributed by atoms with Crippen molar-refractivity contribution in [3.63, 3.8) is 0 Å². The van der Waals surface area contributed by atoms with Gasteiger partial charge in [0.15, 0.2) is 17.7 Å². The molecule has 0 saturated carbocycles. The van der Waals surface area contributed by atoms with Crippen molar-refractivity contribution in [2.45, 2.75) is 12.5 Å². The van der Waals surface area contributed by atoms with E-state index in [1.165, 1.54) is 18.7 Å². The largest absolute Gasteiger partial charge is 0.382 e. The lowest BCUT2D eigenvalue weighted by Gasteiger charge is -2.15. The second-order valence-corrected chi connectivity index (χ2v) is 6.09. The number of ether oxygens (including phenoxy) is 1. The van der Waals surface area contributed by atoms with Crippen LogP contribution in [0.2, 0.25) is 0 Å². The SMILES string of the molecule is CP(=O)(O)OOC1C=CC(n2cnc3c(N)ncnc32)O1. The summed E-state index contributed by atoms with van der Waals surface area (Å²) >= 11 is 0. The molecule has 0 aromatic carbocycles. The number of aromatic nitrogens is 4. The predicted molar refractivity (Wildman–Crippen MR) is 70.7 cm³/mol. The van der Waals surface area contributed by atoms with Gasteiger partial charge >= 0.3 is 7.60 Å². The third-order valence-corrected chi connectivity index (χ3v) is 3.01. The van der Waals surface area contributed by atoms with E-state index >= 15 is 0 Å². The molecule has 0 spiro atoms. The lowest BCUT2D eigenvalue weighted by atomic mass is 10.4. The molecule has 1 aliphatic rings. The second-order valence-electron chi connectivity index (χ2n) is 4.34. The van der Waals surface area contributed by atoms with E-state index in [2.05, 4.69) is 19.6 Å². The van der Waals surface area contributed by atoms with Gasteiger partial charge in [0.2, 0.25) is 6.29 Å². The highest BCUT2D eigenvalue weighted by Gasteiger charge is 2.26. The Morgan fingerprint density at radius 1 is 1.43 bits per heavy atom. The summed E-state index contributed by atoms with van der Waals surface area (Å²) in [5.41, 5.74) is 6.67. The van der Waals surface area contributed by atoms with Gasteiger partial charge in [-0.1, -0.05) is 0 Å². The molecule has 1 aliphatic heterocycles. The van der Waals surface area contributed by atoms with Crippen LogP contribution in [0, 0.1) is 0 Å². The molecule has 21 heavy (non-hydrogen) atoms. The molecule has 0 saturated heterocycles. The van der Waals surface area contributed by atoms with E-state index in [4.69, 9.17) is 20.3 Å². The summed E-state index contributed by atoms with van der Waals surface area (Å²) in [4.78, 5) is 25.8. The molecule has 2 aromatic rings. The molecule has 10 nitrogen and oxygen atoms in total. The topological polar surface area (TPSA) is 135 Å². The molecule has 0 radical (unpaired) electrons. The van der Waals surface area contributed by atoms with Crippen LogP contribution in [0.1, 0.15) is 6.23 Å². The number of nitrogens with two attached hydrogens (primary N) is 1. The molecule has 0 amide bonds. The summed E-state index contributed by atoms with van der Waals surface area (Å²) in [5, 5.41) is 0. The monoisotopic (exact) mass is 313 g/mol. The Hall–Kier alpha value is -1.84. The van der Waals surface area contributed by atoms with Crippen LogP contribution in [0.4, 0.5) is 5.82 Å². The fourth-order valence-corrected chi connectivity index (χ4v) is 2.05. The minimum atomic E-state index is -3.74. The van der Waals surface area contributed by atoms with Crippen molar-refractivity contribution < 1.29 is 23.8 Å². The zero-order valence-corrected chi connectivity index (χ0v) is 11.8. The molecule has 3 N–H and O–H groups in total. The first-order chi connectivity index (χ1) is 9.94. The molecule has 2 aromatic heterocycles. The van der Waals surface area contributed by atoms with Crippen LogP contribution in [0.5, 0.6) is 0 Å². The van der Waals surface area contributed by atoms with Crippen molar-refractivity contribution in [3.05, 3.63) is 24.8 Å². The minimum absolute atomic E-state index is 0.268. The van der Waals surface area contributed by atoms with Gasteiger partial charge in [0.1, 0.15) is 11.8 Å². The number of anilines is 1. The standard InChI is InChI=1S/C10H12N5O5P/c1-21(16,17)20-19-7-3-2-6(18-7)15-5-14-8-9(11)12-4-13-10(8)15/h2-7H,1H3,(H,16,17)(H2,11,12,13). The van der Waals surface area contributed by atoms with Crippen LogP contribution in [0.15, 0.2) is 24.8 Å². The van der Waals surface area contributed by atoms with Crippen molar-refractivity contribution in [2.75, 3.05) is 12.4 Å². The number of hydrogen-bond donors (Lipinski definition) is 2. The van der Waals surface area contributed by atoms with E-state index in [1.807, 2.05) is 0 Å². The summed E-state index contributed by atoms with van der Waals surface area (Å²) in [6.45, 7) is 1.01. The molecule has 0 fully saturated rings. The van der Waals surface area contributed by atoms with Crippen LogP contribution < -0.4 is 5.73 Å². The van der Waals surface area contributed by atoms with E-state index in [1.54, 1.807) is 10.6 Å². The van der Waals surface area contributed by atoms with Gasteiger partial charge in [-0.05, 0) is 12.2 Å². The lowest BCUT2D eigenvalue weighted by Crippen LogP contribution is -2.15. The Labute approximate surface area is 118 Å². The number of nitrogen functional groups attached to an aromatic ring is 1. The number of hydrogen-bond acceptors (Lipinski definition) is 8. The van der Waals surface area contributed by atoms with E-state index in [9.17, 15) is 4.57 Å². The van der Waals surface area contributed by atoms with Crippen molar-refractivity contribution >= 4 is 24.6 Å². The van der Waals surface area contributed by atoms with Gasteiger partial charge in [-0.3, -0.25) is 9.13 Å². The van der Waals surface area contributed by atoms with Crippen molar-refractivity contribution in [2.24, 2.45) is 0 Å². The van der Waals surface area contributed by atoms with Gasteiger partial charge in [-0.2, -0.15) is 4.89 Å². The van der Waals surface area contributed by atoms with Crippen LogP contribution >= 0.6 is 7.60 Å². The first-order valence-electron chi connectivity index (χ1n) is 5.86. The molecule has 0 bridgehead atoms. The highest BCUT2D eigenvalue weighted by atomic mass is 31.2. The number of imidazole rings is 1. The average Bonchev–Trinajstić information content (AvgIpc) is 3.02. The maximum Gasteiger partial charge on any atom is 0.352 e. The van der Waals surface area contributed by atoms with Gasteiger partial charge < -0.3 is 15.4 Å². The minimum Gasteiger partial charge on any atom is -0.382 e. The highest BCUT2D eigenvalue weighted by molar-refractivity contribution is 7.51. The molecular weight excluding hydrogens is 301 g/mol. The normalized spacial score (nSPS) is 24.5. The quantitative estimate of drug-likeness (QED) is 0.359. The molecule has 11 heteroatoms. The van der Waals surface area contributed by atoms with Crippen LogP contribution in [-0.2, 0) is 18.9 Å². The third-order valence-electron chi connectivity index (χ3n) is 2.64. The van der Waals surface area contributed by atoms with E-state index in [0.717, 1.165) is 6.66 Å². The Bertz CT molecular complexity index is 741. The molecule has 0 aliphatic carbocycles. The summed E-state index contributed by atoms with van der Waals surface area (Å²) in [7, 11) is -3.74. The van der Waals surface area contributed by atoms with Gasteiger partial charge in [-0.25, -0.2) is 15.0 Å². The van der Waals surface area contributed by atoms with Crippen molar-refractivity contribution in [1.82, 2.24) is 19.5 Å². The second kappa shape index (κ2) is 5.17. The van der Waals surface area contributed by atoms with Crippen LogP contribution in [0.25, 0.3) is 11.2 Å². The summed E-state index contributed by atoms with van der Waals surface area (Å²) < 4.78 is 22.4. The predicted octanol–water partition coefficient (Wildman–Crippen LogP) is 0.583. The van der Waals surface area contributed by atoms with Gasteiger partial charge in [0.25, 0.3) is 0 Å². The van der Waals surface area contributed by atoms with Gasteiger partial charge in [-0.15, -0.1) is 4.67 Å². The van der Waals surface area contributed by atoms with Gasteiger partial charge in [0, 0.05) is 6.66 Å². The molecular formula is C10H12N5O5P. The number of rotatable bonds is 4. The van der Waals surface area contributed by atoms with Gasteiger partial charge in [0.05, 0.1) is 6.33 Å². The molecule has 3 unspecified atom stereocenters. The molecule has 3 heterocycles. The first kappa shape index (κ1) is 14.1. The summed E-state index contributed by atoms with van der Waals surface area (Å²) in [6, 6.07) is 0. The van der Waals surface area contributed by atoms with E-state index in [0.29, 0.717) is 11.2 Å². The highest BCUT2D eigenvalue weighted by Crippen LogP contribution is 2.38. The van der Waals surface area contributed by atoms with Crippen LogP contribution in [0.3, 0.4) is 0 Å². The zero-order valence-electron chi connectivity index (χ0n) is 10.9. The Morgan fingerprint density at radius 3 is 3.00 bits per heavy atom. The Kier molecular flexibility index (Phi) is 3.47. The molecule has 112 valence electrons. The maximum atomic E-state index is 11.0. The van der Waals surface area contributed by atoms with Crippen molar-refractivity contribution in [1.29, 1.82) is 0 Å². The molecule has 3 atom stereocenters. The smallest absolute Gasteiger partial charge is 0.352 e. The Morgan fingerprint density at radius 2 is 2.24 bits per heavy atom. The summed E-state index contributed by atoms with van der Waals surface area (Å²) in [5.74, 6) is 0.268. The third kappa shape index (κ3) is 2.94. The summed E-state index contributed by atoms with van der Waals surface area (Å²) in [6.07, 6.45) is 4.58. The van der Waals surface area contributed by atoms with E-state index in [-0.39, 0.29) is 5.82 Å².